The zero-order valence-electron chi connectivity index (χ0n) is 16.3. The van der Waals surface area contributed by atoms with Gasteiger partial charge in [-0.15, -0.1) is 0 Å². The highest BCUT2D eigenvalue weighted by Gasteiger charge is 2.37. The Morgan fingerprint density at radius 3 is 2.86 bits per heavy atom. The van der Waals surface area contributed by atoms with E-state index in [2.05, 4.69) is 15.7 Å². The summed E-state index contributed by atoms with van der Waals surface area (Å²) in [5, 5.41) is 9.90. The van der Waals surface area contributed by atoms with Gasteiger partial charge in [-0.3, -0.25) is 14.4 Å². The van der Waals surface area contributed by atoms with Crippen LogP contribution in [-0.2, 0) is 25.7 Å². The SMILES string of the molecule is CO[C@H]1C[C@@H](C(=O)N2CCNC(=O)C2)CC[C@@H]1NC(=O)Cn1nc(C)cc1N. The summed E-state index contributed by atoms with van der Waals surface area (Å²) in [7, 11) is 1.58. The van der Waals surface area contributed by atoms with Gasteiger partial charge in [0.05, 0.1) is 24.4 Å². The van der Waals surface area contributed by atoms with Gasteiger partial charge in [0.2, 0.25) is 17.7 Å². The molecule has 2 aliphatic rings. The van der Waals surface area contributed by atoms with Crippen molar-refractivity contribution < 1.29 is 19.1 Å². The fourth-order valence-corrected chi connectivity index (χ4v) is 3.94. The number of nitrogens with one attached hydrogen (secondary N) is 2. The van der Waals surface area contributed by atoms with E-state index in [1.54, 1.807) is 18.1 Å². The van der Waals surface area contributed by atoms with Crippen LogP contribution in [0.15, 0.2) is 6.07 Å². The van der Waals surface area contributed by atoms with E-state index in [0.29, 0.717) is 38.2 Å². The van der Waals surface area contributed by atoms with Gasteiger partial charge >= 0.3 is 0 Å². The van der Waals surface area contributed by atoms with Crippen molar-refractivity contribution in [2.45, 2.75) is 44.9 Å². The average Bonchev–Trinajstić information content (AvgIpc) is 2.98. The number of rotatable bonds is 5. The molecule has 0 radical (unpaired) electrons. The quantitative estimate of drug-likeness (QED) is 0.591. The number of piperazine rings is 1. The molecule has 1 aromatic heterocycles. The minimum absolute atomic E-state index is 0.0125. The molecule has 10 nitrogen and oxygen atoms in total. The molecule has 154 valence electrons. The molecule has 1 aliphatic carbocycles. The molecule has 3 rings (SSSR count). The van der Waals surface area contributed by atoms with E-state index < -0.39 is 0 Å². The van der Waals surface area contributed by atoms with E-state index in [4.69, 9.17) is 10.5 Å². The average molecular weight is 392 g/mol. The molecule has 10 heteroatoms. The van der Waals surface area contributed by atoms with E-state index in [-0.39, 0.29) is 48.9 Å². The lowest BCUT2D eigenvalue weighted by Crippen LogP contribution is -2.54. The molecule has 3 atom stereocenters. The maximum absolute atomic E-state index is 12.7. The van der Waals surface area contributed by atoms with Gasteiger partial charge in [0, 0.05) is 32.2 Å². The third kappa shape index (κ3) is 4.61. The summed E-state index contributed by atoms with van der Waals surface area (Å²) in [6.45, 7) is 2.98. The zero-order chi connectivity index (χ0) is 20.3. The van der Waals surface area contributed by atoms with E-state index in [1.165, 1.54) is 4.68 Å². The summed E-state index contributed by atoms with van der Waals surface area (Å²) < 4.78 is 7.02. The highest BCUT2D eigenvalue weighted by atomic mass is 16.5. The van der Waals surface area contributed by atoms with Crippen LogP contribution in [0.4, 0.5) is 5.82 Å². The molecule has 2 fully saturated rings. The highest BCUT2D eigenvalue weighted by Crippen LogP contribution is 2.28. The molecule has 1 aliphatic heterocycles. The number of carbonyl (C=O) groups excluding carboxylic acids is 3. The first-order valence-electron chi connectivity index (χ1n) is 9.55. The van der Waals surface area contributed by atoms with Crippen molar-refractivity contribution in [2.75, 3.05) is 32.5 Å². The Hall–Kier alpha value is -2.62. The second kappa shape index (κ2) is 8.59. The maximum atomic E-state index is 12.7. The fraction of sp³-hybridized carbons (Fsp3) is 0.667. The lowest BCUT2D eigenvalue weighted by Gasteiger charge is -2.37. The Balaban J connectivity index is 1.55. The summed E-state index contributed by atoms with van der Waals surface area (Å²) in [5.74, 6) is -0.0954. The fourth-order valence-electron chi connectivity index (χ4n) is 3.94. The van der Waals surface area contributed by atoms with E-state index in [9.17, 15) is 14.4 Å². The number of nitrogens with two attached hydrogens (primary N) is 1. The van der Waals surface area contributed by atoms with Crippen LogP contribution < -0.4 is 16.4 Å². The molecule has 2 heterocycles. The molecular formula is C18H28N6O4. The number of nitrogens with zero attached hydrogens (tertiary/aromatic N) is 3. The summed E-state index contributed by atoms with van der Waals surface area (Å²) in [4.78, 5) is 38.3. The first-order chi connectivity index (χ1) is 13.4. The molecule has 0 bridgehead atoms. The third-order valence-corrected chi connectivity index (χ3v) is 5.37. The molecule has 1 saturated heterocycles. The van der Waals surface area contributed by atoms with Crippen LogP contribution in [0.5, 0.6) is 0 Å². The monoisotopic (exact) mass is 392 g/mol. The summed E-state index contributed by atoms with van der Waals surface area (Å²) >= 11 is 0. The largest absolute Gasteiger partial charge is 0.384 e. The van der Waals surface area contributed by atoms with Crippen molar-refractivity contribution in [3.8, 4) is 0 Å². The van der Waals surface area contributed by atoms with Crippen molar-refractivity contribution >= 4 is 23.5 Å². The second-order valence-corrected chi connectivity index (χ2v) is 7.44. The van der Waals surface area contributed by atoms with Gasteiger partial charge in [-0.2, -0.15) is 5.10 Å². The van der Waals surface area contributed by atoms with Gasteiger partial charge < -0.3 is 26.0 Å². The summed E-state index contributed by atoms with van der Waals surface area (Å²) in [6.07, 6.45) is 1.53. The molecule has 0 spiro atoms. The second-order valence-electron chi connectivity index (χ2n) is 7.44. The number of carbonyl (C=O) groups is 3. The molecule has 4 N–H and O–H groups in total. The number of ether oxygens (including phenoxy) is 1. The molecule has 0 aromatic carbocycles. The Kier molecular flexibility index (Phi) is 6.18. The number of anilines is 1. The van der Waals surface area contributed by atoms with Crippen molar-refractivity contribution in [2.24, 2.45) is 5.92 Å². The molecular weight excluding hydrogens is 364 g/mol. The van der Waals surface area contributed by atoms with Gasteiger partial charge in [0.15, 0.2) is 0 Å². The number of nitrogen functional groups attached to an aromatic ring is 1. The number of aryl methyl sites for hydroxylation is 1. The standard InChI is InChI=1S/C18H28N6O4/c1-11-7-15(19)24(22-11)10-17(26)21-13-4-3-12(8-14(13)28-2)18(27)23-6-5-20-16(25)9-23/h7,12-14H,3-6,8-10,19H2,1-2H3,(H,20,25)(H,21,26)/t12-,13-,14-/m0/s1. The zero-order valence-corrected chi connectivity index (χ0v) is 16.3. The predicted octanol–water partition coefficient (Wildman–Crippen LogP) is -0.968. The summed E-state index contributed by atoms with van der Waals surface area (Å²) in [6, 6.07) is 1.53. The van der Waals surface area contributed by atoms with Crippen molar-refractivity contribution in [3.05, 3.63) is 11.8 Å². The molecule has 28 heavy (non-hydrogen) atoms. The van der Waals surface area contributed by atoms with Gasteiger partial charge in [-0.1, -0.05) is 0 Å². The normalized spacial score (nSPS) is 25.3. The number of amides is 3. The number of aromatic nitrogens is 2. The van der Waals surface area contributed by atoms with E-state index >= 15 is 0 Å². The Bertz CT molecular complexity index is 748. The predicted molar refractivity (Wildman–Crippen MR) is 101 cm³/mol. The van der Waals surface area contributed by atoms with Crippen LogP contribution in [0.1, 0.15) is 25.0 Å². The van der Waals surface area contributed by atoms with Crippen LogP contribution in [0.3, 0.4) is 0 Å². The molecule has 0 unspecified atom stereocenters. The smallest absolute Gasteiger partial charge is 0.242 e. The lowest BCUT2D eigenvalue weighted by atomic mass is 9.82. The van der Waals surface area contributed by atoms with Gasteiger partial charge in [-0.05, 0) is 26.2 Å². The first-order valence-corrected chi connectivity index (χ1v) is 9.55. The third-order valence-electron chi connectivity index (χ3n) is 5.37. The van der Waals surface area contributed by atoms with Crippen LogP contribution in [0.25, 0.3) is 0 Å². The molecule has 3 amide bonds. The lowest BCUT2D eigenvalue weighted by molar-refractivity contribution is -0.144. The minimum Gasteiger partial charge on any atom is -0.384 e. The number of hydrogen-bond acceptors (Lipinski definition) is 6. The first kappa shape index (κ1) is 20.1. The van der Waals surface area contributed by atoms with Crippen LogP contribution in [0, 0.1) is 12.8 Å². The number of methoxy groups -OCH3 is 1. The highest BCUT2D eigenvalue weighted by molar-refractivity contribution is 5.87. The van der Waals surface area contributed by atoms with Gasteiger partial charge in [0.1, 0.15) is 12.4 Å². The van der Waals surface area contributed by atoms with Gasteiger partial charge in [-0.25, -0.2) is 4.68 Å². The van der Waals surface area contributed by atoms with Gasteiger partial charge in [0.25, 0.3) is 0 Å². The maximum Gasteiger partial charge on any atom is 0.242 e. The van der Waals surface area contributed by atoms with Crippen LogP contribution in [-0.4, -0.2) is 71.3 Å². The van der Waals surface area contributed by atoms with Crippen molar-refractivity contribution in [1.82, 2.24) is 25.3 Å². The molecule has 1 saturated carbocycles. The molecule has 1 aromatic rings. The van der Waals surface area contributed by atoms with E-state index in [0.717, 1.165) is 5.69 Å². The summed E-state index contributed by atoms with van der Waals surface area (Å²) in [5.41, 5.74) is 6.59. The Morgan fingerprint density at radius 1 is 1.43 bits per heavy atom. The minimum atomic E-state index is -0.262. The van der Waals surface area contributed by atoms with Crippen molar-refractivity contribution in [1.29, 1.82) is 0 Å². The van der Waals surface area contributed by atoms with E-state index in [1.807, 2.05) is 6.92 Å². The van der Waals surface area contributed by atoms with Crippen LogP contribution >= 0.6 is 0 Å². The van der Waals surface area contributed by atoms with Crippen LogP contribution in [0.2, 0.25) is 0 Å². The Morgan fingerprint density at radius 2 is 2.21 bits per heavy atom. The van der Waals surface area contributed by atoms with Crippen molar-refractivity contribution in [3.63, 3.8) is 0 Å². The number of hydrogen-bond donors (Lipinski definition) is 3. The topological polar surface area (TPSA) is 132 Å². The Labute approximate surface area is 163 Å².